The third kappa shape index (κ3) is 1.60. The maximum atomic E-state index is 3.56. The second-order valence-electron chi connectivity index (χ2n) is 3.97. The summed E-state index contributed by atoms with van der Waals surface area (Å²) in [4.78, 5) is 0. The van der Waals surface area contributed by atoms with Crippen LogP contribution in [0.15, 0.2) is 22.7 Å². The van der Waals surface area contributed by atoms with Crippen molar-refractivity contribution in [2.45, 2.75) is 26.3 Å². The maximum absolute atomic E-state index is 3.56. The first-order chi connectivity index (χ1) is 6.18. The number of nitrogens with one attached hydrogen (secondary N) is 1. The van der Waals surface area contributed by atoms with Crippen molar-refractivity contribution < 1.29 is 0 Å². The van der Waals surface area contributed by atoms with Crippen LogP contribution in [-0.4, -0.2) is 6.04 Å². The van der Waals surface area contributed by atoms with E-state index in [4.69, 9.17) is 0 Å². The summed E-state index contributed by atoms with van der Waals surface area (Å²) in [5.41, 5.74) is 2.73. The highest BCUT2D eigenvalue weighted by molar-refractivity contribution is 9.10. The number of rotatable bonds is 1. The van der Waals surface area contributed by atoms with E-state index in [0.29, 0.717) is 12.0 Å². The van der Waals surface area contributed by atoms with Gasteiger partial charge in [-0.3, -0.25) is 0 Å². The molecule has 0 bridgehead atoms. The van der Waals surface area contributed by atoms with Crippen molar-refractivity contribution in [2.24, 2.45) is 5.92 Å². The molecular weight excluding hydrogens is 226 g/mol. The molecule has 0 saturated carbocycles. The van der Waals surface area contributed by atoms with Crippen LogP contribution < -0.4 is 5.32 Å². The van der Waals surface area contributed by atoms with E-state index >= 15 is 0 Å². The minimum absolute atomic E-state index is 0.605. The van der Waals surface area contributed by atoms with Gasteiger partial charge in [-0.1, -0.05) is 26.0 Å². The number of halogens is 1. The summed E-state index contributed by atoms with van der Waals surface area (Å²) in [5.74, 6) is 0.694. The van der Waals surface area contributed by atoms with E-state index in [1.54, 1.807) is 0 Å². The topological polar surface area (TPSA) is 12.0 Å². The molecule has 2 heteroatoms. The van der Waals surface area contributed by atoms with E-state index < -0.39 is 0 Å². The fraction of sp³-hybridized carbons (Fsp3) is 0.455. The molecule has 1 aliphatic rings. The van der Waals surface area contributed by atoms with Crippen molar-refractivity contribution >= 4 is 21.6 Å². The number of hydrogen-bond donors (Lipinski definition) is 1. The van der Waals surface area contributed by atoms with Crippen molar-refractivity contribution in [3.8, 4) is 0 Å². The number of anilines is 1. The molecule has 0 radical (unpaired) electrons. The minimum atomic E-state index is 0.605. The molecule has 1 aromatic carbocycles. The molecule has 0 aromatic heterocycles. The van der Waals surface area contributed by atoms with Gasteiger partial charge < -0.3 is 5.32 Å². The lowest BCUT2D eigenvalue weighted by molar-refractivity contribution is 0.538. The molecule has 1 N–H and O–H groups in total. The first-order valence-corrected chi connectivity index (χ1v) is 5.51. The summed E-state index contributed by atoms with van der Waals surface area (Å²) in [5, 5.41) is 3.56. The van der Waals surface area contributed by atoms with Crippen LogP contribution in [0.3, 0.4) is 0 Å². The molecule has 1 atom stereocenters. The molecule has 1 unspecified atom stereocenters. The molecule has 1 nitrogen and oxygen atoms in total. The number of fused-ring (bicyclic) bond motifs is 1. The molecule has 13 heavy (non-hydrogen) atoms. The van der Waals surface area contributed by atoms with Gasteiger partial charge in [-0.25, -0.2) is 0 Å². The van der Waals surface area contributed by atoms with E-state index in [2.05, 4.69) is 53.3 Å². The van der Waals surface area contributed by atoms with Crippen molar-refractivity contribution in [1.29, 1.82) is 0 Å². The fourth-order valence-corrected chi connectivity index (χ4v) is 2.30. The molecule has 1 aromatic rings. The quantitative estimate of drug-likeness (QED) is 0.792. The molecule has 0 aliphatic carbocycles. The minimum Gasteiger partial charge on any atom is -0.381 e. The van der Waals surface area contributed by atoms with Crippen LogP contribution in [-0.2, 0) is 6.42 Å². The highest BCUT2D eigenvalue weighted by atomic mass is 79.9. The molecular formula is C11H14BrN. The zero-order valence-electron chi connectivity index (χ0n) is 7.97. The Hall–Kier alpha value is -0.500. The van der Waals surface area contributed by atoms with Gasteiger partial charge in [0.25, 0.3) is 0 Å². The highest BCUT2D eigenvalue weighted by Gasteiger charge is 2.23. The van der Waals surface area contributed by atoms with Crippen molar-refractivity contribution in [3.05, 3.63) is 28.2 Å². The van der Waals surface area contributed by atoms with Gasteiger partial charge >= 0.3 is 0 Å². The lowest BCUT2D eigenvalue weighted by Crippen LogP contribution is -2.21. The summed E-state index contributed by atoms with van der Waals surface area (Å²) >= 11 is 3.56. The summed E-state index contributed by atoms with van der Waals surface area (Å²) < 4.78 is 1.19. The average Bonchev–Trinajstić information content (AvgIpc) is 2.49. The molecule has 2 rings (SSSR count). The maximum Gasteiger partial charge on any atom is 0.0520 e. The van der Waals surface area contributed by atoms with Gasteiger partial charge in [-0.2, -0.15) is 0 Å². The largest absolute Gasteiger partial charge is 0.381 e. The van der Waals surface area contributed by atoms with Gasteiger partial charge in [0, 0.05) is 10.5 Å². The first-order valence-electron chi connectivity index (χ1n) is 4.72. The Morgan fingerprint density at radius 2 is 2.23 bits per heavy atom. The Balaban J connectivity index is 2.30. The van der Waals surface area contributed by atoms with Gasteiger partial charge in [-0.15, -0.1) is 0 Å². The Morgan fingerprint density at radius 3 is 2.85 bits per heavy atom. The predicted octanol–water partition coefficient (Wildman–Crippen LogP) is 3.44. The van der Waals surface area contributed by atoms with E-state index in [0.717, 1.165) is 6.42 Å². The molecule has 0 amide bonds. The van der Waals surface area contributed by atoms with Crippen LogP contribution in [0.1, 0.15) is 19.4 Å². The van der Waals surface area contributed by atoms with Crippen LogP contribution in [0.2, 0.25) is 0 Å². The summed E-state index contributed by atoms with van der Waals surface area (Å²) in [7, 11) is 0. The summed E-state index contributed by atoms with van der Waals surface area (Å²) in [6, 6.07) is 7.01. The Kier molecular flexibility index (Phi) is 2.33. The average molecular weight is 240 g/mol. The fourth-order valence-electron chi connectivity index (χ4n) is 1.78. The van der Waals surface area contributed by atoms with Gasteiger partial charge in [-0.05, 0) is 39.9 Å². The molecule has 70 valence electrons. The van der Waals surface area contributed by atoms with Crippen molar-refractivity contribution in [2.75, 3.05) is 5.32 Å². The number of para-hydroxylation sites is 1. The van der Waals surface area contributed by atoms with Crippen molar-refractivity contribution in [3.63, 3.8) is 0 Å². The van der Waals surface area contributed by atoms with Gasteiger partial charge in [0.05, 0.1) is 5.69 Å². The molecule has 0 spiro atoms. The SMILES string of the molecule is CC(C)C1Cc2cccc(Br)c2N1. The van der Waals surface area contributed by atoms with Crippen LogP contribution >= 0.6 is 15.9 Å². The zero-order valence-corrected chi connectivity index (χ0v) is 9.56. The Bertz CT molecular complexity index is 320. The Labute approximate surface area is 87.7 Å². The smallest absolute Gasteiger partial charge is 0.0520 e. The van der Waals surface area contributed by atoms with E-state index in [-0.39, 0.29) is 0 Å². The Morgan fingerprint density at radius 1 is 1.46 bits per heavy atom. The summed E-state index contributed by atoms with van der Waals surface area (Å²) in [6.07, 6.45) is 1.16. The second-order valence-corrected chi connectivity index (χ2v) is 4.83. The van der Waals surface area contributed by atoms with Crippen molar-refractivity contribution in [1.82, 2.24) is 0 Å². The number of hydrogen-bond acceptors (Lipinski definition) is 1. The van der Waals surface area contributed by atoms with E-state index in [9.17, 15) is 0 Å². The third-order valence-electron chi connectivity index (χ3n) is 2.67. The lowest BCUT2D eigenvalue weighted by Gasteiger charge is -2.15. The molecule has 0 fully saturated rings. The van der Waals surface area contributed by atoms with Gasteiger partial charge in [0.2, 0.25) is 0 Å². The standard InChI is InChI=1S/C11H14BrN/c1-7(2)10-6-8-4-3-5-9(12)11(8)13-10/h3-5,7,10,13H,6H2,1-2H3. The normalized spacial score (nSPS) is 20.2. The van der Waals surface area contributed by atoms with Gasteiger partial charge in [0.1, 0.15) is 0 Å². The van der Waals surface area contributed by atoms with Crippen LogP contribution in [0.5, 0.6) is 0 Å². The lowest BCUT2D eigenvalue weighted by atomic mass is 10.0. The summed E-state index contributed by atoms with van der Waals surface area (Å²) in [6.45, 7) is 4.52. The van der Waals surface area contributed by atoms with Gasteiger partial charge in [0.15, 0.2) is 0 Å². The molecule has 1 heterocycles. The molecule has 0 saturated heterocycles. The third-order valence-corrected chi connectivity index (χ3v) is 3.34. The van der Waals surface area contributed by atoms with Crippen LogP contribution in [0.4, 0.5) is 5.69 Å². The molecule has 1 aliphatic heterocycles. The van der Waals surface area contributed by atoms with Crippen LogP contribution in [0, 0.1) is 5.92 Å². The number of benzene rings is 1. The van der Waals surface area contributed by atoms with E-state index in [1.807, 2.05) is 0 Å². The monoisotopic (exact) mass is 239 g/mol. The second kappa shape index (κ2) is 3.33. The van der Waals surface area contributed by atoms with E-state index in [1.165, 1.54) is 15.7 Å². The highest BCUT2D eigenvalue weighted by Crippen LogP contribution is 2.34. The predicted molar refractivity (Wildman–Crippen MR) is 60.1 cm³/mol. The van der Waals surface area contributed by atoms with Crippen LogP contribution in [0.25, 0.3) is 0 Å². The zero-order chi connectivity index (χ0) is 9.42. The first kappa shape index (κ1) is 9.07.